The lowest BCUT2D eigenvalue weighted by atomic mass is 10.0. The molecule has 0 amide bonds. The first kappa shape index (κ1) is 15.7. The zero-order chi connectivity index (χ0) is 14.3. The Morgan fingerprint density at radius 2 is 2.00 bits per heavy atom. The number of benzene rings is 1. The topological polar surface area (TPSA) is 58.6 Å². The number of ether oxygens (including phenoxy) is 1. The number of hydrogen-bond acceptors (Lipinski definition) is 3. The number of methoxy groups -OCH3 is 1. The minimum absolute atomic E-state index is 0.211. The molecule has 0 fully saturated rings. The second kappa shape index (κ2) is 7.92. The Bertz CT molecular complexity index is 389. The van der Waals surface area contributed by atoms with Gasteiger partial charge in [0.05, 0.1) is 11.7 Å². The second-order valence-electron chi connectivity index (χ2n) is 4.79. The van der Waals surface area contributed by atoms with Crippen LogP contribution < -0.4 is 5.32 Å². The van der Waals surface area contributed by atoms with Crippen molar-refractivity contribution in [2.45, 2.75) is 32.9 Å². The Hall–Kier alpha value is -1.39. The molecule has 0 saturated heterocycles. The van der Waals surface area contributed by atoms with Gasteiger partial charge >= 0.3 is 5.97 Å². The van der Waals surface area contributed by atoms with E-state index in [2.05, 4.69) is 19.2 Å². The Morgan fingerprint density at radius 1 is 1.37 bits per heavy atom. The van der Waals surface area contributed by atoms with E-state index >= 15 is 0 Å². The third-order valence-corrected chi connectivity index (χ3v) is 3.46. The largest absolute Gasteiger partial charge is 0.478 e. The third-order valence-electron chi connectivity index (χ3n) is 3.46. The molecule has 106 valence electrons. The van der Waals surface area contributed by atoms with Crippen LogP contribution in [0.25, 0.3) is 0 Å². The van der Waals surface area contributed by atoms with Crippen LogP contribution >= 0.6 is 0 Å². The summed E-state index contributed by atoms with van der Waals surface area (Å²) in [5.41, 5.74) is 1.39. The zero-order valence-corrected chi connectivity index (χ0v) is 11.8. The van der Waals surface area contributed by atoms with Crippen LogP contribution in [0.1, 0.15) is 36.2 Å². The van der Waals surface area contributed by atoms with Gasteiger partial charge in [0.15, 0.2) is 0 Å². The van der Waals surface area contributed by atoms with Crippen LogP contribution in [-0.2, 0) is 11.3 Å². The lowest BCUT2D eigenvalue weighted by molar-refractivity contribution is 0.0569. The van der Waals surface area contributed by atoms with Crippen LogP contribution in [0.4, 0.5) is 0 Å². The summed E-state index contributed by atoms with van der Waals surface area (Å²) >= 11 is 0. The highest BCUT2D eigenvalue weighted by Crippen LogP contribution is 2.10. The van der Waals surface area contributed by atoms with E-state index in [1.807, 2.05) is 12.1 Å². The van der Waals surface area contributed by atoms with Gasteiger partial charge in [0.2, 0.25) is 0 Å². The molecule has 0 aliphatic heterocycles. The molecule has 0 aromatic heterocycles. The molecular formula is C15H23NO3. The van der Waals surface area contributed by atoms with Gasteiger partial charge in [0, 0.05) is 20.2 Å². The maximum Gasteiger partial charge on any atom is 0.335 e. The molecule has 19 heavy (non-hydrogen) atoms. The summed E-state index contributed by atoms with van der Waals surface area (Å²) < 4.78 is 5.45. The SMILES string of the molecule is CCC(C)C(CNCc1ccc(C(=O)O)cc1)OC. The van der Waals surface area contributed by atoms with E-state index in [1.165, 1.54) is 0 Å². The first-order valence-corrected chi connectivity index (χ1v) is 6.64. The van der Waals surface area contributed by atoms with Gasteiger partial charge in [-0.2, -0.15) is 0 Å². The molecule has 1 aromatic carbocycles. The monoisotopic (exact) mass is 265 g/mol. The molecule has 0 aliphatic carbocycles. The van der Waals surface area contributed by atoms with E-state index in [1.54, 1.807) is 19.2 Å². The highest BCUT2D eigenvalue weighted by Gasteiger charge is 2.14. The first-order chi connectivity index (χ1) is 9.08. The summed E-state index contributed by atoms with van der Waals surface area (Å²) in [5, 5.41) is 12.2. The minimum atomic E-state index is -0.893. The molecule has 0 radical (unpaired) electrons. The van der Waals surface area contributed by atoms with Crippen molar-refractivity contribution in [2.75, 3.05) is 13.7 Å². The first-order valence-electron chi connectivity index (χ1n) is 6.64. The quantitative estimate of drug-likeness (QED) is 0.758. The van der Waals surface area contributed by atoms with Gasteiger partial charge in [-0.1, -0.05) is 32.4 Å². The lowest BCUT2D eigenvalue weighted by Gasteiger charge is -2.21. The minimum Gasteiger partial charge on any atom is -0.478 e. The number of carboxylic acid groups (broad SMARTS) is 1. The van der Waals surface area contributed by atoms with Crippen molar-refractivity contribution >= 4 is 5.97 Å². The molecule has 1 rings (SSSR count). The Kier molecular flexibility index (Phi) is 6.53. The molecule has 4 heteroatoms. The highest BCUT2D eigenvalue weighted by atomic mass is 16.5. The van der Waals surface area contributed by atoms with Gasteiger partial charge in [-0.3, -0.25) is 0 Å². The van der Waals surface area contributed by atoms with Crippen LogP contribution in [0.5, 0.6) is 0 Å². The van der Waals surface area contributed by atoms with E-state index in [9.17, 15) is 4.79 Å². The maximum atomic E-state index is 10.7. The van der Waals surface area contributed by atoms with Crippen molar-refractivity contribution in [3.05, 3.63) is 35.4 Å². The Morgan fingerprint density at radius 3 is 2.47 bits per heavy atom. The molecule has 0 aliphatic rings. The van der Waals surface area contributed by atoms with E-state index in [0.717, 1.165) is 25.1 Å². The fourth-order valence-electron chi connectivity index (χ4n) is 1.90. The number of hydrogen-bond donors (Lipinski definition) is 2. The molecule has 2 unspecified atom stereocenters. The van der Waals surface area contributed by atoms with Gasteiger partial charge < -0.3 is 15.2 Å². The standard InChI is InChI=1S/C15H23NO3/c1-4-11(2)14(19-3)10-16-9-12-5-7-13(8-6-12)15(17)18/h5-8,11,14,16H,4,9-10H2,1-3H3,(H,17,18). The summed E-state index contributed by atoms with van der Waals surface area (Å²) in [6.45, 7) is 5.85. The number of aromatic carboxylic acids is 1. The van der Waals surface area contributed by atoms with Gasteiger partial charge in [0.25, 0.3) is 0 Å². The van der Waals surface area contributed by atoms with Gasteiger partial charge in [0.1, 0.15) is 0 Å². The molecule has 0 saturated carbocycles. The molecule has 0 bridgehead atoms. The number of nitrogens with one attached hydrogen (secondary N) is 1. The second-order valence-corrected chi connectivity index (χ2v) is 4.79. The van der Waals surface area contributed by atoms with Crippen LogP contribution in [-0.4, -0.2) is 30.8 Å². The van der Waals surface area contributed by atoms with Gasteiger partial charge in [-0.05, 0) is 23.6 Å². The van der Waals surface area contributed by atoms with Crippen LogP contribution in [0.15, 0.2) is 24.3 Å². The molecular weight excluding hydrogens is 242 g/mol. The lowest BCUT2D eigenvalue weighted by Crippen LogP contribution is -2.32. The highest BCUT2D eigenvalue weighted by molar-refractivity contribution is 5.87. The molecule has 0 heterocycles. The van der Waals surface area contributed by atoms with Crippen molar-refractivity contribution in [3.8, 4) is 0 Å². The van der Waals surface area contributed by atoms with Crippen molar-refractivity contribution < 1.29 is 14.6 Å². The number of carboxylic acids is 1. The third kappa shape index (κ3) is 5.01. The molecule has 4 nitrogen and oxygen atoms in total. The number of rotatable bonds is 8. The average molecular weight is 265 g/mol. The summed E-state index contributed by atoms with van der Waals surface area (Å²) in [4.78, 5) is 10.7. The summed E-state index contributed by atoms with van der Waals surface area (Å²) in [6, 6.07) is 6.92. The fourth-order valence-corrected chi connectivity index (χ4v) is 1.90. The van der Waals surface area contributed by atoms with E-state index < -0.39 is 5.97 Å². The predicted octanol–water partition coefficient (Wildman–Crippen LogP) is 2.54. The Balaban J connectivity index is 2.42. The number of carbonyl (C=O) groups is 1. The van der Waals surface area contributed by atoms with Crippen molar-refractivity contribution in [3.63, 3.8) is 0 Å². The smallest absolute Gasteiger partial charge is 0.335 e. The van der Waals surface area contributed by atoms with E-state index in [0.29, 0.717) is 11.5 Å². The van der Waals surface area contributed by atoms with Crippen molar-refractivity contribution in [1.29, 1.82) is 0 Å². The van der Waals surface area contributed by atoms with Crippen LogP contribution in [0.2, 0.25) is 0 Å². The molecule has 0 spiro atoms. The Labute approximate surface area is 114 Å². The van der Waals surface area contributed by atoms with Crippen LogP contribution in [0.3, 0.4) is 0 Å². The fraction of sp³-hybridized carbons (Fsp3) is 0.533. The normalized spacial score (nSPS) is 14.1. The van der Waals surface area contributed by atoms with E-state index in [4.69, 9.17) is 9.84 Å². The zero-order valence-electron chi connectivity index (χ0n) is 11.8. The molecule has 2 atom stereocenters. The summed E-state index contributed by atoms with van der Waals surface area (Å²) in [7, 11) is 1.74. The van der Waals surface area contributed by atoms with Crippen molar-refractivity contribution in [1.82, 2.24) is 5.32 Å². The summed E-state index contributed by atoms with van der Waals surface area (Å²) in [6.07, 6.45) is 1.30. The van der Waals surface area contributed by atoms with Gasteiger partial charge in [-0.15, -0.1) is 0 Å². The van der Waals surface area contributed by atoms with Crippen LogP contribution in [0, 0.1) is 5.92 Å². The van der Waals surface area contributed by atoms with Crippen molar-refractivity contribution in [2.24, 2.45) is 5.92 Å². The van der Waals surface area contributed by atoms with Gasteiger partial charge in [-0.25, -0.2) is 4.79 Å². The average Bonchev–Trinajstić information content (AvgIpc) is 2.43. The molecule has 1 aromatic rings. The van der Waals surface area contributed by atoms with E-state index in [-0.39, 0.29) is 6.10 Å². The predicted molar refractivity (Wildman–Crippen MR) is 75.4 cm³/mol. The summed E-state index contributed by atoms with van der Waals surface area (Å²) in [5.74, 6) is -0.373. The maximum absolute atomic E-state index is 10.7. The molecule has 2 N–H and O–H groups in total.